The molecule has 8 aromatic carbocycles. The molecule has 0 spiro atoms. The topological polar surface area (TPSA) is 56.7 Å². The predicted molar refractivity (Wildman–Crippen MR) is 213 cm³/mol. The summed E-state index contributed by atoms with van der Waals surface area (Å²) in [7, 11) is 0. The van der Waals surface area contributed by atoms with Crippen LogP contribution in [0.2, 0.25) is 0 Å². The molecule has 0 atom stereocenters. The highest BCUT2D eigenvalue weighted by Gasteiger charge is 2.23. The number of benzene rings is 8. The lowest BCUT2D eigenvalue weighted by Gasteiger charge is -2.10. The molecule has 11 rings (SSSR count). The van der Waals surface area contributed by atoms with Crippen molar-refractivity contribution in [1.29, 1.82) is 0 Å². The van der Waals surface area contributed by atoms with Gasteiger partial charge in [-0.2, -0.15) is 0 Å². The van der Waals surface area contributed by atoms with Gasteiger partial charge in [0.25, 0.3) is 0 Å². The molecule has 0 bridgehead atoms. The fourth-order valence-corrected chi connectivity index (χ4v) is 7.81. The first-order valence-electron chi connectivity index (χ1n) is 17.5. The Bertz CT molecular complexity index is 3120. The van der Waals surface area contributed by atoms with Gasteiger partial charge in [0.1, 0.15) is 5.58 Å². The van der Waals surface area contributed by atoms with Crippen LogP contribution in [0.4, 0.5) is 0 Å². The minimum atomic E-state index is 0.597. The van der Waals surface area contributed by atoms with E-state index in [-0.39, 0.29) is 0 Å². The molecule has 0 unspecified atom stereocenters. The Morgan fingerprint density at radius 2 is 0.962 bits per heavy atom. The van der Waals surface area contributed by atoms with Gasteiger partial charge in [-0.05, 0) is 46.5 Å². The quantitative estimate of drug-likeness (QED) is 0.188. The van der Waals surface area contributed by atoms with Crippen molar-refractivity contribution in [3.05, 3.63) is 170 Å². The summed E-state index contributed by atoms with van der Waals surface area (Å²) in [6.07, 6.45) is 0. The van der Waals surface area contributed by atoms with Gasteiger partial charge in [0.05, 0.1) is 16.7 Å². The number of para-hydroxylation sites is 2. The van der Waals surface area contributed by atoms with Crippen LogP contribution in [0.1, 0.15) is 0 Å². The minimum Gasteiger partial charge on any atom is -0.453 e. The first-order chi connectivity index (χ1) is 25.8. The molecule has 0 fully saturated rings. The fourth-order valence-electron chi connectivity index (χ4n) is 7.81. The van der Waals surface area contributed by atoms with Crippen molar-refractivity contribution in [3.63, 3.8) is 0 Å². The van der Waals surface area contributed by atoms with Crippen molar-refractivity contribution in [2.24, 2.45) is 0 Å². The monoisotopic (exact) mass is 664 g/mol. The number of nitrogens with zero attached hydrogens (tertiary/aromatic N) is 4. The molecule has 11 aromatic rings. The summed E-state index contributed by atoms with van der Waals surface area (Å²) in [5.74, 6) is 1.84. The molecule has 0 aliphatic rings. The maximum atomic E-state index is 7.11. The van der Waals surface area contributed by atoms with Crippen LogP contribution in [0.25, 0.3) is 105 Å². The van der Waals surface area contributed by atoms with Crippen molar-refractivity contribution < 1.29 is 4.42 Å². The normalized spacial score (nSPS) is 11.8. The SMILES string of the molecule is c1ccc(-c2nc(-c3ccccc3)nc(-c3cc4ccccc4c4oc5c(-n6c7ccccc7c7cc8ccccc8cc76)cccc5c34)n2)cc1. The van der Waals surface area contributed by atoms with E-state index in [1.54, 1.807) is 0 Å². The second kappa shape index (κ2) is 11.2. The van der Waals surface area contributed by atoms with Crippen LogP contribution in [0.3, 0.4) is 0 Å². The molecule has 0 aliphatic heterocycles. The largest absolute Gasteiger partial charge is 0.453 e. The van der Waals surface area contributed by atoms with Crippen molar-refractivity contribution >= 4 is 65.3 Å². The zero-order valence-corrected chi connectivity index (χ0v) is 27.9. The van der Waals surface area contributed by atoms with Crippen molar-refractivity contribution in [2.75, 3.05) is 0 Å². The zero-order chi connectivity index (χ0) is 34.2. The molecule has 0 saturated carbocycles. The number of hydrogen-bond donors (Lipinski definition) is 0. The molecule has 3 heterocycles. The molecule has 0 aliphatic carbocycles. The third-order valence-corrected chi connectivity index (χ3v) is 10.2. The van der Waals surface area contributed by atoms with E-state index in [0.29, 0.717) is 17.5 Å². The van der Waals surface area contributed by atoms with E-state index >= 15 is 0 Å². The highest BCUT2D eigenvalue weighted by molar-refractivity contribution is 6.22. The molecule has 5 nitrogen and oxygen atoms in total. The maximum absolute atomic E-state index is 7.11. The summed E-state index contributed by atoms with van der Waals surface area (Å²) in [6, 6.07) is 59.1. The summed E-state index contributed by atoms with van der Waals surface area (Å²) in [4.78, 5) is 15.3. The third-order valence-electron chi connectivity index (χ3n) is 10.2. The molecule has 5 heteroatoms. The van der Waals surface area contributed by atoms with Gasteiger partial charge in [-0.1, -0.05) is 140 Å². The second-order valence-electron chi connectivity index (χ2n) is 13.2. The molecular formula is C47H28N4O. The van der Waals surface area contributed by atoms with E-state index in [9.17, 15) is 0 Å². The summed E-state index contributed by atoms with van der Waals surface area (Å²) in [5, 5.41) is 8.90. The van der Waals surface area contributed by atoms with Gasteiger partial charge in [-0.3, -0.25) is 0 Å². The number of fused-ring (bicyclic) bond motifs is 9. The predicted octanol–water partition coefficient (Wildman–Crippen LogP) is 12.2. The Morgan fingerprint density at radius 3 is 1.69 bits per heavy atom. The molecule has 52 heavy (non-hydrogen) atoms. The molecule has 3 aromatic heterocycles. The van der Waals surface area contributed by atoms with Crippen LogP contribution >= 0.6 is 0 Å². The van der Waals surface area contributed by atoms with Gasteiger partial charge < -0.3 is 8.98 Å². The molecular weight excluding hydrogens is 637 g/mol. The van der Waals surface area contributed by atoms with Gasteiger partial charge in [-0.25, -0.2) is 15.0 Å². The zero-order valence-electron chi connectivity index (χ0n) is 27.9. The average Bonchev–Trinajstić information content (AvgIpc) is 3.76. The summed E-state index contributed by atoms with van der Waals surface area (Å²) < 4.78 is 9.46. The van der Waals surface area contributed by atoms with Crippen LogP contribution in [-0.4, -0.2) is 19.5 Å². The lowest BCUT2D eigenvalue weighted by atomic mass is 9.99. The first-order valence-corrected chi connectivity index (χ1v) is 17.5. The van der Waals surface area contributed by atoms with E-state index in [4.69, 9.17) is 19.4 Å². The van der Waals surface area contributed by atoms with Gasteiger partial charge in [0, 0.05) is 43.6 Å². The average molecular weight is 665 g/mol. The summed E-state index contributed by atoms with van der Waals surface area (Å²) in [6.45, 7) is 0. The van der Waals surface area contributed by atoms with Crippen LogP contribution < -0.4 is 0 Å². The second-order valence-corrected chi connectivity index (χ2v) is 13.2. The van der Waals surface area contributed by atoms with E-state index in [0.717, 1.165) is 66.1 Å². The first kappa shape index (κ1) is 28.7. The van der Waals surface area contributed by atoms with E-state index in [1.165, 1.54) is 21.5 Å². The maximum Gasteiger partial charge on any atom is 0.164 e. The third kappa shape index (κ3) is 4.33. The number of rotatable bonds is 4. The Balaban J connectivity index is 1.25. The number of hydrogen-bond acceptors (Lipinski definition) is 4. The molecule has 0 radical (unpaired) electrons. The van der Waals surface area contributed by atoms with Crippen LogP contribution in [-0.2, 0) is 0 Å². The van der Waals surface area contributed by atoms with Crippen LogP contribution in [0, 0.1) is 0 Å². The van der Waals surface area contributed by atoms with Crippen molar-refractivity contribution in [1.82, 2.24) is 19.5 Å². The van der Waals surface area contributed by atoms with Crippen LogP contribution in [0.5, 0.6) is 0 Å². The van der Waals surface area contributed by atoms with Gasteiger partial charge in [0.15, 0.2) is 23.1 Å². The number of furan rings is 1. The molecule has 0 amide bonds. The number of aromatic nitrogens is 4. The van der Waals surface area contributed by atoms with Gasteiger partial charge >= 0.3 is 0 Å². The highest BCUT2D eigenvalue weighted by Crippen LogP contribution is 2.44. The van der Waals surface area contributed by atoms with E-state index in [1.807, 2.05) is 60.7 Å². The van der Waals surface area contributed by atoms with Crippen molar-refractivity contribution in [3.8, 4) is 39.9 Å². The molecule has 242 valence electrons. The molecule has 0 saturated heterocycles. The Morgan fingerprint density at radius 1 is 0.385 bits per heavy atom. The standard InChI is InChI=1S/C47H28N4O/c1-3-14-29(15-4-1)45-48-46(30-16-5-2-6-17-30)50-47(49-45)38-27-33-20-9-10-21-34(33)44-42(38)36-23-13-25-40(43(36)52-44)51-39-24-12-11-22-35(39)37-26-31-18-7-8-19-32(31)28-41(37)51/h1-28H. The van der Waals surface area contributed by atoms with E-state index in [2.05, 4.69) is 114 Å². The summed E-state index contributed by atoms with van der Waals surface area (Å²) in [5.41, 5.74) is 7.62. The Hall–Kier alpha value is -7.11. The van der Waals surface area contributed by atoms with Gasteiger partial charge in [-0.15, -0.1) is 0 Å². The molecule has 0 N–H and O–H groups in total. The Labute approximate surface area is 298 Å². The van der Waals surface area contributed by atoms with Gasteiger partial charge in [0.2, 0.25) is 0 Å². The minimum absolute atomic E-state index is 0.597. The van der Waals surface area contributed by atoms with Crippen LogP contribution in [0.15, 0.2) is 174 Å². The van der Waals surface area contributed by atoms with E-state index < -0.39 is 0 Å². The smallest absolute Gasteiger partial charge is 0.164 e. The summed E-state index contributed by atoms with van der Waals surface area (Å²) >= 11 is 0. The Kier molecular flexibility index (Phi) is 6.18. The van der Waals surface area contributed by atoms with Crippen molar-refractivity contribution in [2.45, 2.75) is 0 Å². The highest BCUT2D eigenvalue weighted by atomic mass is 16.3. The lowest BCUT2D eigenvalue weighted by Crippen LogP contribution is -2.00. The fraction of sp³-hybridized carbons (Fsp3) is 0. The lowest BCUT2D eigenvalue weighted by molar-refractivity contribution is 0.670.